The summed E-state index contributed by atoms with van der Waals surface area (Å²) >= 11 is 0. The van der Waals surface area contributed by atoms with E-state index in [4.69, 9.17) is 0 Å². The first-order chi connectivity index (χ1) is 5.55. The van der Waals surface area contributed by atoms with Crippen molar-refractivity contribution < 1.29 is 13.2 Å². The molecule has 0 bridgehead atoms. The lowest BCUT2D eigenvalue weighted by atomic mass is 10.2. The number of alkyl halides is 3. The summed E-state index contributed by atoms with van der Waals surface area (Å²) in [4.78, 5) is 0. The molecule has 0 aromatic heterocycles. The molecule has 0 amide bonds. The highest BCUT2D eigenvalue weighted by Gasteiger charge is 2.30. The summed E-state index contributed by atoms with van der Waals surface area (Å²) < 4.78 is 36.5. The second-order valence-corrected chi connectivity index (χ2v) is 2.24. The fraction of sp³-hybridized carbons (Fsp3) is 0.250. The fourth-order valence-corrected chi connectivity index (χ4v) is 0.908. The average molecular weight is 174 g/mol. The highest BCUT2D eigenvalue weighted by atomic mass is 19.4. The molecular weight excluding hydrogens is 167 g/mol. The third kappa shape index (κ3) is 1.69. The number of hydrogen-bond donors (Lipinski definition) is 0. The van der Waals surface area contributed by atoms with Crippen LogP contribution in [-0.4, -0.2) is 7.05 Å². The molecule has 0 fully saturated rings. The van der Waals surface area contributed by atoms with Crippen molar-refractivity contribution in [1.29, 1.82) is 0 Å². The van der Waals surface area contributed by atoms with Gasteiger partial charge in [0.1, 0.15) is 0 Å². The van der Waals surface area contributed by atoms with Gasteiger partial charge in [-0.3, -0.25) is 0 Å². The predicted molar refractivity (Wildman–Crippen MR) is 40.4 cm³/mol. The van der Waals surface area contributed by atoms with E-state index in [1.165, 1.54) is 25.2 Å². The molecule has 0 saturated heterocycles. The van der Waals surface area contributed by atoms with E-state index >= 15 is 0 Å². The Morgan fingerprint density at radius 3 is 2.17 bits per heavy atom. The molecule has 0 spiro atoms. The lowest BCUT2D eigenvalue weighted by molar-refractivity contribution is -0.136. The third-order valence-electron chi connectivity index (χ3n) is 1.45. The Morgan fingerprint density at radius 1 is 1.17 bits per heavy atom. The average Bonchev–Trinajstić information content (AvgIpc) is 2.03. The van der Waals surface area contributed by atoms with E-state index in [0.29, 0.717) is 0 Å². The maximum atomic E-state index is 12.2. The molecule has 0 heterocycles. The van der Waals surface area contributed by atoms with Crippen molar-refractivity contribution >= 4 is 5.69 Å². The van der Waals surface area contributed by atoms with Crippen molar-refractivity contribution in [2.75, 3.05) is 7.05 Å². The summed E-state index contributed by atoms with van der Waals surface area (Å²) in [6.45, 7) is 0. The molecule has 66 valence electrons. The molecule has 4 heteroatoms. The van der Waals surface area contributed by atoms with Gasteiger partial charge < -0.3 is 5.32 Å². The first kappa shape index (κ1) is 8.90. The number of halogens is 3. The zero-order valence-corrected chi connectivity index (χ0v) is 6.39. The van der Waals surface area contributed by atoms with Gasteiger partial charge in [-0.05, 0) is 0 Å². The van der Waals surface area contributed by atoms with E-state index in [1.54, 1.807) is 0 Å². The second-order valence-electron chi connectivity index (χ2n) is 2.24. The third-order valence-corrected chi connectivity index (χ3v) is 1.45. The lowest BCUT2D eigenvalue weighted by Gasteiger charge is -2.20. The maximum Gasteiger partial charge on any atom is 0.415 e. The van der Waals surface area contributed by atoms with Gasteiger partial charge in [0.05, 0.1) is 0 Å². The molecule has 0 unspecified atom stereocenters. The van der Waals surface area contributed by atoms with Gasteiger partial charge in [-0.1, -0.05) is 24.3 Å². The Morgan fingerprint density at radius 2 is 1.75 bits per heavy atom. The van der Waals surface area contributed by atoms with E-state index in [9.17, 15) is 13.2 Å². The van der Waals surface area contributed by atoms with Crippen LogP contribution < -0.4 is 0 Å². The molecule has 12 heavy (non-hydrogen) atoms. The summed E-state index contributed by atoms with van der Waals surface area (Å²) in [5, 5.41) is 3.52. The highest BCUT2D eigenvalue weighted by molar-refractivity contribution is 5.55. The van der Waals surface area contributed by atoms with Crippen LogP contribution in [-0.2, 0) is 6.18 Å². The number of benzene rings is 1. The van der Waals surface area contributed by atoms with Gasteiger partial charge in [0, 0.05) is 5.56 Å². The van der Waals surface area contributed by atoms with Crippen LogP contribution in [0.4, 0.5) is 18.9 Å². The van der Waals surface area contributed by atoms with E-state index in [-0.39, 0.29) is 5.69 Å². The van der Waals surface area contributed by atoms with Gasteiger partial charge in [0.2, 0.25) is 0 Å². The Kier molecular flexibility index (Phi) is 2.26. The van der Waals surface area contributed by atoms with Gasteiger partial charge in [0.15, 0.2) is 0 Å². The van der Waals surface area contributed by atoms with Crippen LogP contribution in [0, 0.1) is 0 Å². The minimum Gasteiger partial charge on any atom is -0.686 e. The largest absolute Gasteiger partial charge is 0.686 e. The molecule has 0 N–H and O–H groups in total. The van der Waals surface area contributed by atoms with Crippen molar-refractivity contribution in [3.63, 3.8) is 0 Å². The van der Waals surface area contributed by atoms with Crippen molar-refractivity contribution in [3.05, 3.63) is 35.1 Å². The number of nitrogens with zero attached hydrogens (tertiary/aromatic N) is 1. The molecule has 1 rings (SSSR count). The van der Waals surface area contributed by atoms with Gasteiger partial charge >= 0.3 is 6.18 Å². The van der Waals surface area contributed by atoms with Gasteiger partial charge in [-0.25, -0.2) is 0 Å². The SMILES string of the molecule is C[N-]c1ccccc1C(F)(F)F. The molecule has 0 aliphatic carbocycles. The number of rotatable bonds is 1. The number of para-hydroxylation sites is 1. The molecule has 0 aliphatic rings. The van der Waals surface area contributed by atoms with Crippen LogP contribution in [0.1, 0.15) is 5.56 Å². The van der Waals surface area contributed by atoms with Gasteiger partial charge in [-0.15, -0.1) is 12.7 Å². The van der Waals surface area contributed by atoms with E-state index in [2.05, 4.69) is 5.32 Å². The highest BCUT2D eigenvalue weighted by Crippen LogP contribution is 2.36. The summed E-state index contributed by atoms with van der Waals surface area (Å²) in [7, 11) is 1.34. The van der Waals surface area contributed by atoms with E-state index in [0.717, 1.165) is 6.07 Å². The first-order valence-corrected chi connectivity index (χ1v) is 3.32. The molecule has 0 aliphatic heterocycles. The van der Waals surface area contributed by atoms with Crippen LogP contribution in [0.3, 0.4) is 0 Å². The van der Waals surface area contributed by atoms with Gasteiger partial charge in [0.25, 0.3) is 0 Å². The first-order valence-electron chi connectivity index (χ1n) is 3.32. The molecule has 1 nitrogen and oxygen atoms in total. The standard InChI is InChI=1S/C8H7F3N/c1-12-7-5-3-2-4-6(7)8(9,10)11/h2-5H,1H3/q-1. The summed E-state index contributed by atoms with van der Waals surface area (Å²) in [5.74, 6) is 0. The molecule has 0 atom stereocenters. The smallest absolute Gasteiger partial charge is 0.415 e. The van der Waals surface area contributed by atoms with Crippen molar-refractivity contribution in [2.45, 2.75) is 6.18 Å². The Balaban J connectivity index is 3.14. The van der Waals surface area contributed by atoms with Gasteiger partial charge in [-0.2, -0.15) is 13.2 Å². The summed E-state index contributed by atoms with van der Waals surface area (Å²) in [5.41, 5.74) is -0.711. The predicted octanol–water partition coefficient (Wildman–Crippen LogP) is 3.34. The van der Waals surface area contributed by atoms with Crippen molar-refractivity contribution in [3.8, 4) is 0 Å². The molecule has 1 aromatic rings. The van der Waals surface area contributed by atoms with E-state index < -0.39 is 11.7 Å². The van der Waals surface area contributed by atoms with Crippen LogP contribution >= 0.6 is 0 Å². The molecule has 1 aromatic carbocycles. The Hall–Kier alpha value is -1.19. The quantitative estimate of drug-likeness (QED) is 0.619. The molecule has 0 radical (unpaired) electrons. The minimum absolute atomic E-state index is 0.0231. The van der Waals surface area contributed by atoms with Crippen LogP contribution in [0.15, 0.2) is 24.3 Å². The number of hydrogen-bond acceptors (Lipinski definition) is 0. The lowest BCUT2D eigenvalue weighted by Crippen LogP contribution is -2.04. The second kappa shape index (κ2) is 3.05. The monoisotopic (exact) mass is 174 g/mol. The van der Waals surface area contributed by atoms with Crippen LogP contribution in [0.2, 0.25) is 0 Å². The minimum atomic E-state index is -4.31. The topological polar surface area (TPSA) is 14.1 Å². The van der Waals surface area contributed by atoms with Crippen LogP contribution in [0.25, 0.3) is 5.32 Å². The maximum absolute atomic E-state index is 12.2. The molecular formula is C8H7F3N-. The fourth-order valence-electron chi connectivity index (χ4n) is 0.908. The van der Waals surface area contributed by atoms with Crippen molar-refractivity contribution in [1.82, 2.24) is 0 Å². The zero-order valence-electron chi connectivity index (χ0n) is 6.39. The normalized spacial score (nSPS) is 11.3. The van der Waals surface area contributed by atoms with E-state index in [1.807, 2.05) is 0 Å². The zero-order chi connectivity index (χ0) is 9.19. The molecule has 0 saturated carbocycles. The van der Waals surface area contributed by atoms with Crippen LogP contribution in [0.5, 0.6) is 0 Å². The Labute approximate surface area is 68.2 Å². The van der Waals surface area contributed by atoms with Crippen molar-refractivity contribution in [2.24, 2.45) is 0 Å². The Bertz CT molecular complexity index is 267. The summed E-state index contributed by atoms with van der Waals surface area (Å²) in [6.07, 6.45) is -4.31. The summed E-state index contributed by atoms with van der Waals surface area (Å²) in [6, 6.07) is 5.22.